The third-order valence-electron chi connectivity index (χ3n) is 6.09. The van der Waals surface area contributed by atoms with E-state index in [1.807, 2.05) is 88.4 Å². The second-order valence-corrected chi connectivity index (χ2v) is 13.8. The van der Waals surface area contributed by atoms with E-state index < -0.39 is 15.2 Å². The fourth-order valence-electron chi connectivity index (χ4n) is 4.14. The van der Waals surface area contributed by atoms with Gasteiger partial charge in [-0.25, -0.2) is 0 Å². The quantitative estimate of drug-likeness (QED) is 0.157. The maximum Gasteiger partial charge on any atom is 0.369 e. The summed E-state index contributed by atoms with van der Waals surface area (Å²) in [6.45, 7) is 8.14. The Morgan fingerprint density at radius 1 is 0.725 bits per heavy atom. The minimum Gasteiger partial charge on any atom is -0.507 e. The van der Waals surface area contributed by atoms with Crippen LogP contribution >= 0.6 is 15.2 Å². The van der Waals surface area contributed by atoms with Crippen LogP contribution in [0.1, 0.15) is 70.1 Å². The van der Waals surface area contributed by atoms with E-state index in [1.165, 1.54) is 0 Å². The molecule has 0 bridgehead atoms. The average molecular weight is 589 g/mol. The van der Waals surface area contributed by atoms with E-state index in [0.29, 0.717) is 48.6 Å². The van der Waals surface area contributed by atoms with Gasteiger partial charge in [-0.05, 0) is 54.3 Å². The van der Waals surface area contributed by atoms with Gasteiger partial charge in [-0.3, -0.25) is 9.13 Å². The minimum atomic E-state index is -4.14. The lowest BCUT2D eigenvalue weighted by Gasteiger charge is -2.27. The van der Waals surface area contributed by atoms with Crippen LogP contribution in [0.3, 0.4) is 0 Å². The van der Waals surface area contributed by atoms with Crippen molar-refractivity contribution >= 4 is 32.0 Å². The molecule has 0 unspecified atom stereocenters. The maximum atomic E-state index is 14.5. The Bertz CT molecular complexity index is 1290. The van der Waals surface area contributed by atoms with E-state index in [2.05, 4.69) is 0 Å². The zero-order chi connectivity index (χ0) is 29.0. The molecule has 0 heterocycles. The third kappa shape index (κ3) is 8.16. The summed E-state index contributed by atoms with van der Waals surface area (Å²) >= 11 is 0. The number of hydrogen-bond donors (Lipinski definition) is 1. The molecule has 3 rings (SSSR count). The van der Waals surface area contributed by atoms with Crippen molar-refractivity contribution in [3.8, 4) is 5.75 Å². The first-order chi connectivity index (χ1) is 19.3. The molecule has 3 aromatic carbocycles. The van der Waals surface area contributed by atoms with Crippen molar-refractivity contribution in [1.29, 1.82) is 0 Å². The fraction of sp³-hybridized carbons (Fsp3) is 0.419. The Morgan fingerprint density at radius 2 is 1.20 bits per heavy atom. The van der Waals surface area contributed by atoms with E-state index in [0.717, 1.165) is 10.9 Å². The summed E-state index contributed by atoms with van der Waals surface area (Å²) in [6, 6.07) is 19.1. The highest BCUT2D eigenvalue weighted by molar-refractivity contribution is 7.79. The van der Waals surface area contributed by atoms with Crippen molar-refractivity contribution in [2.24, 2.45) is 0 Å². The van der Waals surface area contributed by atoms with Crippen LogP contribution in [0.2, 0.25) is 0 Å². The Balaban J connectivity index is 2.35. The van der Waals surface area contributed by atoms with Crippen LogP contribution in [-0.4, -0.2) is 31.5 Å². The van der Waals surface area contributed by atoms with Gasteiger partial charge in [0.25, 0.3) is 0 Å². The van der Waals surface area contributed by atoms with Crippen LogP contribution in [0.5, 0.6) is 5.75 Å². The molecular weight excluding hydrogens is 546 g/mol. The van der Waals surface area contributed by atoms with Crippen molar-refractivity contribution in [2.75, 3.05) is 26.4 Å². The number of phenols is 1. The molecule has 9 heteroatoms. The number of hydrogen-bond acceptors (Lipinski definition) is 7. The minimum absolute atomic E-state index is 0.102. The highest BCUT2D eigenvalue weighted by Gasteiger charge is 2.46. The van der Waals surface area contributed by atoms with Gasteiger partial charge in [-0.15, -0.1) is 0 Å². The molecule has 0 fully saturated rings. The molecular formula is C31H42O7P2. The summed E-state index contributed by atoms with van der Waals surface area (Å²) in [5.41, 5.74) is 2.11. The monoisotopic (exact) mass is 588 g/mol. The molecule has 218 valence electrons. The molecule has 0 aliphatic rings. The summed E-state index contributed by atoms with van der Waals surface area (Å²) in [4.78, 5) is 0. The number of benzene rings is 3. The normalized spacial score (nSPS) is 12.1. The molecule has 0 aromatic heterocycles. The summed E-state index contributed by atoms with van der Waals surface area (Å²) < 4.78 is 52.5. The molecule has 0 saturated carbocycles. The van der Waals surface area contributed by atoms with Crippen LogP contribution < -0.4 is 0 Å². The van der Waals surface area contributed by atoms with Crippen molar-refractivity contribution in [3.63, 3.8) is 0 Å². The van der Waals surface area contributed by atoms with Gasteiger partial charge in [0, 0.05) is 17.4 Å². The van der Waals surface area contributed by atoms with E-state index in [1.54, 1.807) is 6.08 Å². The first kappa shape index (κ1) is 32.3. The van der Waals surface area contributed by atoms with Crippen LogP contribution in [0.15, 0.2) is 65.7 Å². The van der Waals surface area contributed by atoms with Crippen molar-refractivity contribution in [2.45, 2.75) is 59.8 Å². The zero-order valence-electron chi connectivity index (χ0n) is 24.0. The lowest BCUT2D eigenvalue weighted by molar-refractivity contribution is 0.199. The van der Waals surface area contributed by atoms with Gasteiger partial charge < -0.3 is 23.2 Å². The molecule has 0 amide bonds. The van der Waals surface area contributed by atoms with Crippen molar-refractivity contribution < 1.29 is 32.3 Å². The maximum absolute atomic E-state index is 14.5. The van der Waals surface area contributed by atoms with Gasteiger partial charge >= 0.3 is 15.2 Å². The van der Waals surface area contributed by atoms with Crippen LogP contribution in [0.25, 0.3) is 16.8 Å². The second kappa shape index (κ2) is 15.7. The van der Waals surface area contributed by atoms with Gasteiger partial charge in [0.1, 0.15) is 5.75 Å². The van der Waals surface area contributed by atoms with E-state index in [-0.39, 0.29) is 37.2 Å². The Kier molecular flexibility index (Phi) is 12.6. The molecule has 0 radical (unpaired) electrons. The summed E-state index contributed by atoms with van der Waals surface area (Å²) in [5.74, 6) is 0.102. The van der Waals surface area contributed by atoms with E-state index in [4.69, 9.17) is 18.1 Å². The average Bonchev–Trinajstić information content (AvgIpc) is 2.98. The van der Waals surface area contributed by atoms with Gasteiger partial charge in [0.2, 0.25) is 0 Å². The highest BCUT2D eigenvalue weighted by atomic mass is 31.2. The lowest BCUT2D eigenvalue weighted by Crippen LogP contribution is -2.07. The Hall–Kier alpha value is -2.24. The van der Waals surface area contributed by atoms with Gasteiger partial charge in [-0.1, -0.05) is 82.3 Å². The van der Waals surface area contributed by atoms with Crippen molar-refractivity contribution in [3.05, 3.63) is 82.4 Å². The number of phenolic OH excluding ortho intramolecular Hbond substituents is 1. The molecule has 0 atom stereocenters. The predicted molar refractivity (Wildman–Crippen MR) is 163 cm³/mol. The topological polar surface area (TPSA) is 91.3 Å². The van der Waals surface area contributed by atoms with Crippen LogP contribution in [0, 0.1) is 0 Å². The molecule has 3 aromatic rings. The largest absolute Gasteiger partial charge is 0.507 e. The number of rotatable bonds is 17. The van der Waals surface area contributed by atoms with Gasteiger partial charge in [-0.2, -0.15) is 0 Å². The third-order valence-corrected chi connectivity index (χ3v) is 11.0. The molecule has 7 nitrogen and oxygen atoms in total. The predicted octanol–water partition coefficient (Wildman–Crippen LogP) is 9.53. The summed E-state index contributed by atoms with van der Waals surface area (Å²) in [6.07, 6.45) is 4.26. The number of aromatic hydroxyl groups is 1. The highest BCUT2D eigenvalue weighted by Crippen LogP contribution is 2.74. The van der Waals surface area contributed by atoms with E-state index >= 15 is 0 Å². The summed E-state index contributed by atoms with van der Waals surface area (Å²) in [5, 5.41) is 12.8. The van der Waals surface area contributed by atoms with Crippen LogP contribution in [-0.2, 0) is 33.6 Å². The van der Waals surface area contributed by atoms with Crippen LogP contribution in [0.4, 0.5) is 0 Å². The molecule has 40 heavy (non-hydrogen) atoms. The Morgan fingerprint density at radius 3 is 1.70 bits per heavy atom. The molecule has 1 N–H and O–H groups in total. The van der Waals surface area contributed by atoms with Crippen molar-refractivity contribution in [1.82, 2.24) is 0 Å². The van der Waals surface area contributed by atoms with E-state index in [9.17, 15) is 14.2 Å². The first-order valence-electron chi connectivity index (χ1n) is 14.1. The second-order valence-electron chi connectivity index (χ2n) is 9.51. The van der Waals surface area contributed by atoms with Gasteiger partial charge in [0.15, 0.2) is 5.06 Å². The SMILES string of the molecule is CCCOP(=O)(OCCC)C(=Cc1cc2ccccc2c(O)c1Cc1ccccc1)P(=O)(OCCC)OCCC. The van der Waals surface area contributed by atoms with Gasteiger partial charge in [0.05, 0.1) is 26.4 Å². The molecule has 0 aliphatic carbocycles. The first-order valence-corrected chi connectivity index (χ1v) is 17.2. The standard InChI is InChI=1S/C31H42O7P2/c1-5-18-35-39(33,36-19-6-2)30(40(34,37-20-7-3)38-21-8-4)24-27-23-26-16-12-13-17-28(26)31(32)29(27)22-25-14-10-9-11-15-25/h9-17,23-24,32H,5-8,18-22H2,1-4H3. The smallest absolute Gasteiger partial charge is 0.369 e. The summed E-state index contributed by atoms with van der Waals surface area (Å²) in [7, 11) is -8.28. The zero-order valence-corrected chi connectivity index (χ0v) is 25.8. The molecule has 0 spiro atoms. The molecule has 0 aliphatic heterocycles. The fourth-order valence-corrected chi connectivity index (χ4v) is 9.00. The lowest BCUT2D eigenvalue weighted by atomic mass is 9.94. The Labute approximate surface area is 238 Å². The molecule has 0 saturated heterocycles. The number of fused-ring (bicyclic) bond motifs is 1.